The molecule has 1 fully saturated rings. The van der Waals surface area contributed by atoms with Crippen molar-refractivity contribution in [3.05, 3.63) is 50.9 Å². The van der Waals surface area contributed by atoms with Gasteiger partial charge in [0.1, 0.15) is 18.0 Å². The topological polar surface area (TPSA) is 56.5 Å². The van der Waals surface area contributed by atoms with Crippen LogP contribution < -0.4 is 10.2 Å². The number of hydrogen-bond donors (Lipinski definition) is 0. The van der Waals surface area contributed by atoms with Crippen LogP contribution in [0.3, 0.4) is 0 Å². The molecule has 2 heterocycles. The fraction of sp³-hybridized carbons (Fsp3) is 0.333. The van der Waals surface area contributed by atoms with Crippen molar-refractivity contribution in [2.75, 3.05) is 0 Å². The maximum Gasteiger partial charge on any atom is 0.234 e. The summed E-state index contributed by atoms with van der Waals surface area (Å²) in [6.07, 6.45) is 2.63. The van der Waals surface area contributed by atoms with Crippen molar-refractivity contribution in [2.45, 2.75) is 25.9 Å². The fourth-order valence-electron chi connectivity index (χ4n) is 3.49. The third kappa shape index (κ3) is 2.12. The van der Waals surface area contributed by atoms with E-state index in [2.05, 4.69) is 0 Å². The molecule has 0 radical (unpaired) electrons. The number of hydrogen-bond acceptors (Lipinski definition) is 4. The fourth-order valence-corrected chi connectivity index (χ4v) is 3.67. The minimum absolute atomic E-state index is 0.0443. The Balaban J connectivity index is 1.93. The van der Waals surface area contributed by atoms with Gasteiger partial charge in [0.2, 0.25) is 11.2 Å². The second kappa shape index (κ2) is 4.96. The van der Waals surface area contributed by atoms with Crippen LogP contribution in [0.25, 0.3) is 11.0 Å². The third-order valence-electron chi connectivity index (χ3n) is 4.56. The molecule has 4 nitrogen and oxygen atoms in total. The van der Waals surface area contributed by atoms with Gasteiger partial charge in [-0.3, -0.25) is 4.79 Å². The van der Waals surface area contributed by atoms with Gasteiger partial charge in [-0.15, -0.1) is 0 Å². The van der Waals surface area contributed by atoms with Crippen molar-refractivity contribution < 1.29 is 13.9 Å². The summed E-state index contributed by atoms with van der Waals surface area (Å²) in [6, 6.07) is 4.93. The molecule has 0 saturated heterocycles. The maximum atomic E-state index is 12.8. The van der Waals surface area contributed by atoms with Gasteiger partial charge >= 0.3 is 0 Å². The van der Waals surface area contributed by atoms with Crippen LogP contribution in [0.15, 0.2) is 39.1 Å². The summed E-state index contributed by atoms with van der Waals surface area (Å²) in [7, 11) is 0. The SMILES string of the molecule is CC(C)=CC1Oc2c(oc3ccc(Cl)cc3c2=O)C2C(C=O)C12. The zero-order valence-corrected chi connectivity index (χ0v) is 13.5. The smallest absolute Gasteiger partial charge is 0.234 e. The molecule has 2 aromatic rings. The van der Waals surface area contributed by atoms with Crippen molar-refractivity contribution in [1.29, 1.82) is 0 Å². The van der Waals surface area contributed by atoms with Gasteiger partial charge in [-0.25, -0.2) is 0 Å². The Morgan fingerprint density at radius 1 is 1.30 bits per heavy atom. The Labute approximate surface area is 137 Å². The number of carbonyl (C=O) groups is 1. The summed E-state index contributed by atoms with van der Waals surface area (Å²) in [6.45, 7) is 3.93. The average molecular weight is 331 g/mol. The summed E-state index contributed by atoms with van der Waals surface area (Å²) in [5.74, 6) is 0.510. The lowest BCUT2D eigenvalue weighted by molar-refractivity contribution is -0.109. The second-order valence-corrected chi connectivity index (χ2v) is 6.84. The minimum atomic E-state index is -0.271. The van der Waals surface area contributed by atoms with Gasteiger partial charge in [-0.1, -0.05) is 17.2 Å². The number of allylic oxidation sites excluding steroid dienone is 1. The highest BCUT2D eigenvalue weighted by molar-refractivity contribution is 6.31. The normalized spacial score (nSPS) is 27.6. The number of rotatable bonds is 2. The van der Waals surface area contributed by atoms with Crippen LogP contribution in [-0.4, -0.2) is 12.4 Å². The molecule has 0 amide bonds. The van der Waals surface area contributed by atoms with E-state index in [9.17, 15) is 9.59 Å². The summed E-state index contributed by atoms with van der Waals surface area (Å²) in [5.41, 5.74) is 1.32. The van der Waals surface area contributed by atoms with Crippen LogP contribution in [0.4, 0.5) is 0 Å². The molecule has 0 bridgehead atoms. The van der Waals surface area contributed by atoms with Gasteiger partial charge in [-0.05, 0) is 38.1 Å². The highest BCUT2D eigenvalue weighted by Crippen LogP contribution is 2.60. The Hall–Kier alpha value is -2.07. The van der Waals surface area contributed by atoms with Gasteiger partial charge in [0.25, 0.3) is 0 Å². The summed E-state index contributed by atoms with van der Waals surface area (Å²) < 4.78 is 11.8. The molecule has 1 aliphatic heterocycles. The van der Waals surface area contributed by atoms with Crippen molar-refractivity contribution in [1.82, 2.24) is 0 Å². The molecule has 118 valence electrons. The van der Waals surface area contributed by atoms with E-state index >= 15 is 0 Å². The number of fused-ring (bicyclic) bond motifs is 4. The molecule has 4 atom stereocenters. The van der Waals surface area contributed by atoms with Gasteiger partial charge in [-0.2, -0.15) is 0 Å². The molecule has 4 rings (SSSR count). The Bertz CT molecular complexity index is 907. The van der Waals surface area contributed by atoms with E-state index in [-0.39, 0.29) is 35.0 Å². The number of ether oxygens (including phenoxy) is 1. The van der Waals surface area contributed by atoms with E-state index in [1.54, 1.807) is 18.2 Å². The lowest BCUT2D eigenvalue weighted by Gasteiger charge is -2.22. The monoisotopic (exact) mass is 330 g/mol. The zero-order valence-electron chi connectivity index (χ0n) is 12.7. The molecular weight excluding hydrogens is 316 g/mol. The molecule has 2 aliphatic rings. The van der Waals surface area contributed by atoms with E-state index in [1.165, 1.54) is 0 Å². The lowest BCUT2D eigenvalue weighted by Crippen LogP contribution is -2.26. The van der Waals surface area contributed by atoms with Gasteiger partial charge in [0.15, 0.2) is 5.76 Å². The standard InChI is InChI=1S/C18H15ClO4/c1-8(2)5-13-14-11(7-20)15(14)17-18(23-13)16(21)10-6-9(19)3-4-12(10)22-17/h3-7,11,13-15H,1-2H3. The van der Waals surface area contributed by atoms with Crippen LogP contribution in [0.2, 0.25) is 5.02 Å². The molecule has 1 aliphatic carbocycles. The van der Waals surface area contributed by atoms with Crippen LogP contribution in [0, 0.1) is 11.8 Å². The maximum absolute atomic E-state index is 12.8. The molecule has 4 unspecified atom stereocenters. The highest BCUT2D eigenvalue weighted by atomic mass is 35.5. The van der Waals surface area contributed by atoms with Gasteiger partial charge in [0.05, 0.1) is 5.39 Å². The quantitative estimate of drug-likeness (QED) is 0.622. The molecule has 5 heteroatoms. The first-order valence-corrected chi connectivity index (χ1v) is 7.92. The predicted octanol–water partition coefficient (Wildman–Crippen LogP) is 3.70. The van der Waals surface area contributed by atoms with Crippen molar-refractivity contribution in [3.63, 3.8) is 0 Å². The van der Waals surface area contributed by atoms with E-state index in [1.807, 2.05) is 19.9 Å². The predicted molar refractivity (Wildman–Crippen MR) is 87.1 cm³/mol. The van der Waals surface area contributed by atoms with Crippen molar-refractivity contribution in [2.24, 2.45) is 11.8 Å². The Morgan fingerprint density at radius 2 is 2.09 bits per heavy atom. The molecule has 23 heavy (non-hydrogen) atoms. The number of carbonyl (C=O) groups excluding carboxylic acids is 1. The van der Waals surface area contributed by atoms with Crippen LogP contribution >= 0.6 is 11.6 Å². The Kier molecular flexibility index (Phi) is 3.13. The third-order valence-corrected chi connectivity index (χ3v) is 4.79. The first-order valence-electron chi connectivity index (χ1n) is 7.54. The summed E-state index contributed by atoms with van der Waals surface area (Å²) in [5, 5.41) is 0.866. The van der Waals surface area contributed by atoms with Crippen molar-refractivity contribution in [3.8, 4) is 5.75 Å². The number of aldehydes is 1. The first kappa shape index (κ1) is 14.5. The van der Waals surface area contributed by atoms with E-state index in [0.717, 1.165) is 11.9 Å². The molecule has 1 aromatic heterocycles. The summed E-state index contributed by atoms with van der Waals surface area (Å²) >= 11 is 5.98. The van der Waals surface area contributed by atoms with Crippen LogP contribution in [0.5, 0.6) is 5.75 Å². The zero-order chi connectivity index (χ0) is 16.3. The molecule has 1 aromatic carbocycles. The van der Waals surface area contributed by atoms with Gasteiger partial charge in [0, 0.05) is 22.8 Å². The highest BCUT2D eigenvalue weighted by Gasteiger charge is 2.61. The molecular formula is C18H15ClO4. The molecule has 1 saturated carbocycles. The number of benzene rings is 1. The van der Waals surface area contributed by atoms with Crippen LogP contribution in [-0.2, 0) is 4.79 Å². The van der Waals surface area contributed by atoms with E-state index in [0.29, 0.717) is 21.8 Å². The number of halogens is 1. The Morgan fingerprint density at radius 3 is 2.78 bits per heavy atom. The van der Waals surface area contributed by atoms with Crippen LogP contribution in [0.1, 0.15) is 25.5 Å². The second-order valence-electron chi connectivity index (χ2n) is 6.41. The molecule has 0 spiro atoms. The van der Waals surface area contributed by atoms with Gasteiger partial charge < -0.3 is 13.9 Å². The summed E-state index contributed by atoms with van der Waals surface area (Å²) in [4.78, 5) is 24.1. The lowest BCUT2D eigenvalue weighted by atomic mass is 10.0. The van der Waals surface area contributed by atoms with Crippen molar-refractivity contribution >= 4 is 28.9 Å². The average Bonchev–Trinajstić information content (AvgIpc) is 3.24. The largest absolute Gasteiger partial charge is 0.479 e. The minimum Gasteiger partial charge on any atom is -0.479 e. The first-order chi connectivity index (χ1) is 11.0. The molecule has 0 N–H and O–H groups in total. The van der Waals surface area contributed by atoms with E-state index in [4.69, 9.17) is 20.8 Å². The van der Waals surface area contributed by atoms with E-state index < -0.39 is 0 Å².